The third kappa shape index (κ3) is 1.56. The van der Waals surface area contributed by atoms with Gasteiger partial charge in [0.1, 0.15) is 0 Å². The van der Waals surface area contributed by atoms with Crippen LogP contribution in [0.1, 0.15) is 6.92 Å². The highest BCUT2D eigenvalue weighted by molar-refractivity contribution is 5.76. The first-order chi connectivity index (χ1) is 7.65. The lowest BCUT2D eigenvalue weighted by Gasteiger charge is -2.14. The van der Waals surface area contributed by atoms with Gasteiger partial charge in [-0.1, -0.05) is 12.1 Å². The summed E-state index contributed by atoms with van der Waals surface area (Å²) in [6, 6.07) is 7.70. The molecule has 4 nitrogen and oxygen atoms in total. The van der Waals surface area contributed by atoms with Crippen molar-refractivity contribution in [3.8, 4) is 0 Å². The number of hydrogen-bond acceptors (Lipinski definition) is 3. The maximum atomic E-state index is 12.1. The molecule has 0 aliphatic carbocycles. The Hall–Kier alpha value is -1.84. The Bertz CT molecular complexity index is 572. The monoisotopic (exact) mass is 217 g/mol. The zero-order valence-electron chi connectivity index (χ0n) is 9.77. The zero-order valence-corrected chi connectivity index (χ0v) is 9.77. The Morgan fingerprint density at radius 3 is 2.62 bits per heavy atom. The molecule has 0 fully saturated rings. The zero-order chi connectivity index (χ0) is 11.7. The smallest absolute Gasteiger partial charge is 0.293 e. The first-order valence-electron chi connectivity index (χ1n) is 5.32. The number of benzene rings is 1. The van der Waals surface area contributed by atoms with E-state index in [2.05, 4.69) is 4.98 Å². The van der Waals surface area contributed by atoms with Gasteiger partial charge in [0.15, 0.2) is 5.82 Å². The summed E-state index contributed by atoms with van der Waals surface area (Å²) in [6.45, 7) is 2.62. The second-order valence-electron chi connectivity index (χ2n) is 3.87. The normalized spacial score (nSPS) is 10.7. The molecule has 0 radical (unpaired) electrons. The van der Waals surface area contributed by atoms with Crippen LogP contribution in [0.25, 0.3) is 11.0 Å². The van der Waals surface area contributed by atoms with Crippen LogP contribution < -0.4 is 10.5 Å². The van der Waals surface area contributed by atoms with Gasteiger partial charge >= 0.3 is 0 Å². The highest BCUT2D eigenvalue weighted by Gasteiger charge is 2.10. The largest absolute Gasteiger partial charge is 0.358 e. The number of para-hydroxylation sites is 2. The van der Waals surface area contributed by atoms with Crippen LogP contribution in [0.5, 0.6) is 0 Å². The Kier molecular flexibility index (Phi) is 2.64. The second-order valence-corrected chi connectivity index (χ2v) is 3.87. The van der Waals surface area contributed by atoms with Crippen molar-refractivity contribution in [3.05, 3.63) is 34.6 Å². The Labute approximate surface area is 94.1 Å². The van der Waals surface area contributed by atoms with Crippen molar-refractivity contribution >= 4 is 16.9 Å². The highest BCUT2D eigenvalue weighted by atomic mass is 16.1. The van der Waals surface area contributed by atoms with Crippen molar-refractivity contribution < 1.29 is 0 Å². The van der Waals surface area contributed by atoms with Crippen molar-refractivity contribution in [1.29, 1.82) is 0 Å². The molecule has 2 rings (SSSR count). The fourth-order valence-corrected chi connectivity index (χ4v) is 1.78. The van der Waals surface area contributed by atoms with Crippen molar-refractivity contribution in [2.45, 2.75) is 13.5 Å². The molecule has 0 saturated heterocycles. The second kappa shape index (κ2) is 3.96. The van der Waals surface area contributed by atoms with E-state index in [4.69, 9.17) is 0 Å². The van der Waals surface area contributed by atoms with Gasteiger partial charge in [0.05, 0.1) is 11.0 Å². The van der Waals surface area contributed by atoms with Crippen LogP contribution in [0, 0.1) is 0 Å². The van der Waals surface area contributed by atoms with Crippen LogP contribution in [0.3, 0.4) is 0 Å². The molecular weight excluding hydrogens is 202 g/mol. The number of fused-ring (bicyclic) bond motifs is 1. The summed E-state index contributed by atoms with van der Waals surface area (Å²) in [4.78, 5) is 18.2. The first kappa shape index (κ1) is 10.7. The number of aromatic nitrogens is 2. The van der Waals surface area contributed by atoms with E-state index in [-0.39, 0.29) is 5.56 Å². The molecule has 0 saturated carbocycles. The van der Waals surface area contributed by atoms with E-state index >= 15 is 0 Å². The summed E-state index contributed by atoms with van der Waals surface area (Å²) >= 11 is 0. The number of hydrogen-bond donors (Lipinski definition) is 0. The molecule has 1 aromatic carbocycles. The van der Waals surface area contributed by atoms with Gasteiger partial charge in [0.2, 0.25) is 0 Å². The molecule has 1 heterocycles. The molecule has 0 atom stereocenters. The van der Waals surface area contributed by atoms with Crippen molar-refractivity contribution in [1.82, 2.24) is 9.55 Å². The quantitative estimate of drug-likeness (QED) is 0.764. The predicted molar refractivity (Wildman–Crippen MR) is 66.0 cm³/mol. The van der Waals surface area contributed by atoms with Gasteiger partial charge in [-0.25, -0.2) is 4.98 Å². The van der Waals surface area contributed by atoms with Crippen LogP contribution >= 0.6 is 0 Å². The van der Waals surface area contributed by atoms with Crippen LogP contribution in [-0.4, -0.2) is 23.6 Å². The van der Waals surface area contributed by atoms with E-state index < -0.39 is 0 Å². The summed E-state index contributed by atoms with van der Waals surface area (Å²) < 4.78 is 1.75. The molecule has 0 amide bonds. The van der Waals surface area contributed by atoms with E-state index in [1.54, 1.807) is 9.47 Å². The molecule has 16 heavy (non-hydrogen) atoms. The summed E-state index contributed by atoms with van der Waals surface area (Å²) in [5.41, 5.74) is 1.71. The molecule has 0 aliphatic rings. The molecule has 0 aliphatic heterocycles. The molecule has 0 bridgehead atoms. The maximum Gasteiger partial charge on any atom is 0.293 e. The molecule has 84 valence electrons. The van der Waals surface area contributed by atoms with E-state index in [1.807, 2.05) is 45.3 Å². The average Bonchev–Trinajstić information content (AvgIpc) is 2.28. The summed E-state index contributed by atoms with van der Waals surface area (Å²) in [7, 11) is 3.66. The van der Waals surface area contributed by atoms with Gasteiger partial charge < -0.3 is 9.47 Å². The van der Waals surface area contributed by atoms with Gasteiger partial charge in [-0.3, -0.25) is 4.79 Å². The minimum Gasteiger partial charge on any atom is -0.358 e. The molecule has 0 unspecified atom stereocenters. The third-order valence-corrected chi connectivity index (χ3v) is 2.58. The summed E-state index contributed by atoms with van der Waals surface area (Å²) in [5.74, 6) is 0.487. The maximum absolute atomic E-state index is 12.1. The van der Waals surface area contributed by atoms with Gasteiger partial charge in [-0.2, -0.15) is 0 Å². The lowest BCUT2D eigenvalue weighted by Crippen LogP contribution is -2.28. The van der Waals surface area contributed by atoms with E-state index in [1.165, 1.54) is 0 Å². The van der Waals surface area contributed by atoms with Gasteiger partial charge in [0, 0.05) is 20.6 Å². The average molecular weight is 217 g/mol. The first-order valence-corrected chi connectivity index (χ1v) is 5.32. The number of rotatable bonds is 2. The van der Waals surface area contributed by atoms with E-state index in [0.717, 1.165) is 11.0 Å². The summed E-state index contributed by atoms with van der Waals surface area (Å²) in [5, 5.41) is 0. The lowest BCUT2D eigenvalue weighted by atomic mass is 10.3. The standard InChI is InChI=1S/C12H15N3O/c1-4-15-10-8-6-5-7-9(10)13-11(12(15)16)14(2)3/h5-8H,4H2,1-3H3. The van der Waals surface area contributed by atoms with Gasteiger partial charge in [0.25, 0.3) is 5.56 Å². The topological polar surface area (TPSA) is 38.1 Å². The molecule has 4 heteroatoms. The molecule has 2 aromatic rings. The van der Waals surface area contributed by atoms with Crippen molar-refractivity contribution in [3.63, 3.8) is 0 Å². The third-order valence-electron chi connectivity index (χ3n) is 2.58. The number of aryl methyl sites for hydroxylation is 1. The Balaban J connectivity index is 2.88. The lowest BCUT2D eigenvalue weighted by molar-refractivity contribution is 0.749. The van der Waals surface area contributed by atoms with Crippen LogP contribution in [0.2, 0.25) is 0 Å². The highest BCUT2D eigenvalue weighted by Crippen LogP contribution is 2.12. The van der Waals surface area contributed by atoms with E-state index in [0.29, 0.717) is 12.4 Å². The molecule has 0 spiro atoms. The van der Waals surface area contributed by atoms with Gasteiger partial charge in [-0.05, 0) is 19.1 Å². The molecule has 0 N–H and O–H groups in total. The Morgan fingerprint density at radius 1 is 1.31 bits per heavy atom. The van der Waals surface area contributed by atoms with Crippen LogP contribution in [-0.2, 0) is 6.54 Å². The van der Waals surface area contributed by atoms with Gasteiger partial charge in [-0.15, -0.1) is 0 Å². The van der Waals surface area contributed by atoms with Crippen LogP contribution in [0.15, 0.2) is 29.1 Å². The number of anilines is 1. The SMILES string of the molecule is CCn1c(=O)c(N(C)C)nc2ccccc21. The predicted octanol–water partition coefficient (Wildman–Crippen LogP) is 1.48. The fourth-order valence-electron chi connectivity index (χ4n) is 1.78. The summed E-state index contributed by atoms with van der Waals surface area (Å²) in [6.07, 6.45) is 0. The Morgan fingerprint density at radius 2 is 2.00 bits per heavy atom. The fraction of sp³-hybridized carbons (Fsp3) is 0.333. The molecule has 1 aromatic heterocycles. The minimum atomic E-state index is -0.0359. The van der Waals surface area contributed by atoms with Crippen LogP contribution in [0.4, 0.5) is 5.82 Å². The number of nitrogens with zero attached hydrogens (tertiary/aromatic N) is 3. The van der Waals surface area contributed by atoms with Crippen molar-refractivity contribution in [2.75, 3.05) is 19.0 Å². The molecular formula is C12H15N3O. The van der Waals surface area contributed by atoms with E-state index in [9.17, 15) is 4.79 Å². The van der Waals surface area contributed by atoms with Crippen molar-refractivity contribution in [2.24, 2.45) is 0 Å². The minimum absolute atomic E-state index is 0.0359.